The topological polar surface area (TPSA) is 237 Å². The van der Waals surface area contributed by atoms with E-state index in [2.05, 4.69) is 41.5 Å². The van der Waals surface area contributed by atoms with Gasteiger partial charge in [-0.15, -0.1) is 0 Å². The van der Waals surface area contributed by atoms with Crippen molar-refractivity contribution in [3.8, 4) is 0 Å². The molecule has 3 unspecified atom stereocenters. The summed E-state index contributed by atoms with van der Waals surface area (Å²) in [5, 5.41) is 10.7. The number of rotatable bonds is 85. The molecule has 6 atom stereocenters. The molecule has 624 valence electrons. The maximum absolute atomic E-state index is 13.1. The van der Waals surface area contributed by atoms with Crippen LogP contribution in [0.2, 0.25) is 0 Å². The molecule has 17 nitrogen and oxygen atoms in total. The molecule has 0 radical (unpaired) electrons. The summed E-state index contributed by atoms with van der Waals surface area (Å²) in [6.45, 7) is 9.66. The molecule has 0 amide bonds. The number of phosphoric ester groups is 2. The molecule has 0 aliphatic carbocycles. The number of carbonyl (C=O) groups excluding carboxylic acids is 4. The average Bonchev–Trinajstić information content (AvgIpc) is 1.00. The van der Waals surface area contributed by atoms with Gasteiger partial charge in [0, 0.05) is 25.7 Å². The first-order valence-corrected chi connectivity index (χ1v) is 47.5. The molecule has 0 fully saturated rings. The van der Waals surface area contributed by atoms with Crippen LogP contribution in [0, 0.1) is 11.8 Å². The van der Waals surface area contributed by atoms with E-state index in [1.54, 1.807) is 0 Å². The van der Waals surface area contributed by atoms with Gasteiger partial charge in [-0.1, -0.05) is 408 Å². The molecule has 0 spiro atoms. The lowest BCUT2D eigenvalue weighted by Gasteiger charge is -2.21. The minimum absolute atomic E-state index is 0.108. The number of aliphatic hydroxyl groups excluding tert-OH is 1. The number of hydrogen-bond acceptors (Lipinski definition) is 15. The van der Waals surface area contributed by atoms with Crippen LogP contribution in [0.5, 0.6) is 0 Å². The first-order valence-electron chi connectivity index (χ1n) is 44.5. The molecule has 0 saturated carbocycles. The number of carbonyl (C=O) groups is 4. The van der Waals surface area contributed by atoms with Gasteiger partial charge in [-0.25, -0.2) is 9.13 Å². The third-order valence-corrected chi connectivity index (χ3v) is 22.5. The number of hydrogen-bond donors (Lipinski definition) is 3. The fourth-order valence-corrected chi connectivity index (χ4v) is 15.0. The average molecular weight is 1540 g/mol. The van der Waals surface area contributed by atoms with E-state index < -0.39 is 97.5 Å². The van der Waals surface area contributed by atoms with Crippen molar-refractivity contribution in [3.05, 3.63) is 0 Å². The van der Waals surface area contributed by atoms with Crippen molar-refractivity contribution in [1.82, 2.24) is 0 Å². The van der Waals surface area contributed by atoms with Crippen molar-refractivity contribution in [1.29, 1.82) is 0 Å². The predicted molar refractivity (Wildman–Crippen MR) is 432 cm³/mol. The van der Waals surface area contributed by atoms with Gasteiger partial charge < -0.3 is 33.8 Å². The number of phosphoric acid groups is 2. The van der Waals surface area contributed by atoms with E-state index in [1.807, 2.05) is 0 Å². The van der Waals surface area contributed by atoms with E-state index in [0.29, 0.717) is 31.6 Å². The highest BCUT2D eigenvalue weighted by atomic mass is 31.2. The Bertz CT molecular complexity index is 2010. The van der Waals surface area contributed by atoms with Crippen molar-refractivity contribution in [2.75, 3.05) is 39.6 Å². The second kappa shape index (κ2) is 77.4. The summed E-state index contributed by atoms with van der Waals surface area (Å²) in [5.74, 6) is -0.553. The monoisotopic (exact) mass is 1540 g/mol. The molecular weight excluding hydrogens is 1370 g/mol. The van der Waals surface area contributed by atoms with Crippen LogP contribution in [0.25, 0.3) is 0 Å². The highest BCUT2D eigenvalue weighted by Crippen LogP contribution is 2.45. The summed E-state index contributed by atoms with van der Waals surface area (Å²) < 4.78 is 68.8. The third-order valence-electron chi connectivity index (χ3n) is 20.6. The fourth-order valence-electron chi connectivity index (χ4n) is 13.4. The number of unbranched alkanes of at least 4 members (excludes halogenated alkanes) is 54. The number of esters is 4. The Labute approximate surface area is 645 Å². The lowest BCUT2D eigenvalue weighted by molar-refractivity contribution is -0.161. The zero-order chi connectivity index (χ0) is 77.1. The van der Waals surface area contributed by atoms with Gasteiger partial charge in [0.15, 0.2) is 12.2 Å². The molecule has 19 heteroatoms. The molecule has 0 aromatic heterocycles. The van der Waals surface area contributed by atoms with Gasteiger partial charge in [0.2, 0.25) is 0 Å². The van der Waals surface area contributed by atoms with Gasteiger partial charge >= 0.3 is 39.5 Å². The highest BCUT2D eigenvalue weighted by molar-refractivity contribution is 7.47. The largest absolute Gasteiger partial charge is 0.472 e. The van der Waals surface area contributed by atoms with Gasteiger partial charge in [-0.3, -0.25) is 37.3 Å². The minimum Gasteiger partial charge on any atom is -0.462 e. The molecule has 0 aliphatic rings. The summed E-state index contributed by atoms with van der Waals surface area (Å²) in [7, 11) is -9.93. The quantitative estimate of drug-likeness (QED) is 0.0222. The Morgan fingerprint density at radius 1 is 0.276 bits per heavy atom. The Morgan fingerprint density at radius 3 is 0.724 bits per heavy atom. The van der Waals surface area contributed by atoms with Gasteiger partial charge in [-0.2, -0.15) is 0 Å². The van der Waals surface area contributed by atoms with E-state index in [9.17, 15) is 43.2 Å². The van der Waals surface area contributed by atoms with Gasteiger partial charge in [-0.05, 0) is 37.5 Å². The molecule has 0 rings (SSSR count). The molecule has 3 N–H and O–H groups in total. The summed E-state index contributed by atoms with van der Waals surface area (Å²) in [6, 6.07) is 0. The Kier molecular flexibility index (Phi) is 76.0. The normalized spacial score (nSPS) is 14.1. The van der Waals surface area contributed by atoms with Crippen molar-refractivity contribution in [3.63, 3.8) is 0 Å². The first-order chi connectivity index (χ1) is 50.9. The van der Waals surface area contributed by atoms with Gasteiger partial charge in [0.25, 0.3) is 0 Å². The molecule has 0 aromatic carbocycles. The van der Waals surface area contributed by atoms with Crippen molar-refractivity contribution in [2.24, 2.45) is 11.8 Å². The lowest BCUT2D eigenvalue weighted by atomic mass is 9.99. The smallest absolute Gasteiger partial charge is 0.462 e. The zero-order valence-corrected chi connectivity index (χ0v) is 70.8. The van der Waals surface area contributed by atoms with E-state index >= 15 is 0 Å². The maximum Gasteiger partial charge on any atom is 0.472 e. The predicted octanol–water partition coefficient (Wildman–Crippen LogP) is 26.2. The number of aliphatic hydroxyl groups is 1. The standard InChI is InChI=1S/C86H168O17P2/c1-7-10-12-14-16-18-20-22-24-26-30-34-37-41-45-49-56-62-68-83(88)96-74-81(102-85(90)70-65-59-51-47-43-39-35-31-28-27-29-32-36-40-44-48-55-61-67-79(6)9-3)76-100-104(92,93)98-72-80(87)73-99-105(94,95)101-77-82(75-97-84(89)69-63-57-53-52-54-60-66-78(4)5)103-86(91)71-64-58-50-46-42-38-33-25-23-21-19-17-15-13-11-8-2/h78-82,87H,7-77H2,1-6H3,(H,92,93)(H,94,95)/t79?,80-,81-,82-/m1/s1. The van der Waals surface area contributed by atoms with Crippen molar-refractivity contribution < 1.29 is 80.2 Å². The van der Waals surface area contributed by atoms with Gasteiger partial charge in [0.05, 0.1) is 26.4 Å². The van der Waals surface area contributed by atoms with Crippen LogP contribution in [0.15, 0.2) is 0 Å². The molecule has 0 bridgehead atoms. The summed E-state index contributed by atoms with van der Waals surface area (Å²) >= 11 is 0. The minimum atomic E-state index is -4.97. The van der Waals surface area contributed by atoms with E-state index in [4.69, 9.17) is 37.0 Å². The van der Waals surface area contributed by atoms with Crippen LogP contribution in [0.1, 0.15) is 459 Å². The summed E-state index contributed by atoms with van der Waals surface area (Å²) in [4.78, 5) is 73.2. The first kappa shape index (κ1) is 103. The Morgan fingerprint density at radius 2 is 0.486 bits per heavy atom. The van der Waals surface area contributed by atoms with Crippen LogP contribution in [0.4, 0.5) is 0 Å². The fraction of sp³-hybridized carbons (Fsp3) is 0.953. The van der Waals surface area contributed by atoms with E-state index in [0.717, 1.165) is 102 Å². The molecule has 0 heterocycles. The van der Waals surface area contributed by atoms with Crippen molar-refractivity contribution >= 4 is 39.5 Å². The van der Waals surface area contributed by atoms with Crippen LogP contribution >= 0.6 is 15.6 Å². The molecule has 0 aliphatic heterocycles. The van der Waals surface area contributed by atoms with E-state index in [-0.39, 0.29) is 25.7 Å². The maximum atomic E-state index is 13.1. The van der Waals surface area contributed by atoms with Crippen LogP contribution in [0.3, 0.4) is 0 Å². The summed E-state index contributed by atoms with van der Waals surface area (Å²) in [6.07, 6.45) is 69.6. The second-order valence-electron chi connectivity index (χ2n) is 31.6. The number of ether oxygens (including phenoxy) is 4. The molecule has 0 aromatic rings. The van der Waals surface area contributed by atoms with Gasteiger partial charge in [0.1, 0.15) is 19.3 Å². The third kappa shape index (κ3) is 78.5. The SMILES string of the molecule is CCCCCCCCCCCCCCCCCCCCC(=O)OC[C@H](COP(=O)(O)OC[C@@H](O)COP(=O)(O)OC[C@@H](COC(=O)CCCCCCCCC(C)C)OC(=O)CCCCCCCCCCCCCCCCCC)OC(=O)CCCCCCCCCCCCCCCCCCCCC(C)CC. The van der Waals surface area contributed by atoms with Crippen molar-refractivity contribution in [2.45, 2.75) is 477 Å². The summed E-state index contributed by atoms with van der Waals surface area (Å²) in [5.41, 5.74) is 0. The molecule has 105 heavy (non-hydrogen) atoms. The lowest BCUT2D eigenvalue weighted by Crippen LogP contribution is -2.30. The Balaban J connectivity index is 5.20. The van der Waals surface area contributed by atoms with Crippen LogP contribution in [-0.2, 0) is 65.4 Å². The molecular formula is C86H168O17P2. The zero-order valence-electron chi connectivity index (χ0n) is 69.0. The Hall–Kier alpha value is -1.94. The van der Waals surface area contributed by atoms with Crippen LogP contribution in [-0.4, -0.2) is 96.7 Å². The highest BCUT2D eigenvalue weighted by Gasteiger charge is 2.30. The second-order valence-corrected chi connectivity index (χ2v) is 34.6. The molecule has 0 saturated heterocycles. The van der Waals surface area contributed by atoms with E-state index in [1.165, 1.54) is 270 Å². The van der Waals surface area contributed by atoms with Crippen LogP contribution < -0.4 is 0 Å².